The summed E-state index contributed by atoms with van der Waals surface area (Å²) in [5.41, 5.74) is 1.59. The molecule has 1 N–H and O–H groups in total. The van der Waals surface area contributed by atoms with E-state index < -0.39 is 0 Å². The van der Waals surface area contributed by atoms with E-state index in [1.165, 1.54) is 44.9 Å². The number of piperidine rings is 1. The van der Waals surface area contributed by atoms with Crippen molar-refractivity contribution in [2.75, 3.05) is 44.2 Å². The molecule has 28 heavy (non-hydrogen) atoms. The van der Waals surface area contributed by atoms with Gasteiger partial charge in [-0.15, -0.1) is 0 Å². The quantitative estimate of drug-likeness (QED) is 0.862. The normalized spacial score (nSPS) is 18.8. The summed E-state index contributed by atoms with van der Waals surface area (Å²) in [6.07, 6.45) is 10.5. The van der Waals surface area contributed by atoms with Gasteiger partial charge in [-0.2, -0.15) is 0 Å². The number of benzene rings is 1. The standard InChI is InChI=1S/C22H31N5O/c28-22(23-10-15-26-11-4-1-2-5-12-26)18-8-9-20-19(16-18)21(25-17-24-20)27-13-6-3-7-14-27/h8-9,16-17H,1-7,10-15H2,(H,23,28). The highest BCUT2D eigenvalue weighted by Crippen LogP contribution is 2.26. The molecule has 0 unspecified atom stereocenters. The zero-order valence-electron chi connectivity index (χ0n) is 16.7. The molecular weight excluding hydrogens is 350 g/mol. The molecule has 1 aromatic carbocycles. The number of aromatic nitrogens is 2. The van der Waals surface area contributed by atoms with E-state index in [-0.39, 0.29) is 5.91 Å². The Morgan fingerprint density at radius 1 is 0.929 bits per heavy atom. The number of anilines is 1. The van der Waals surface area contributed by atoms with Crippen LogP contribution in [-0.4, -0.2) is 60.0 Å². The molecule has 2 aromatic rings. The molecule has 150 valence electrons. The average Bonchev–Trinajstić information content (AvgIpc) is 3.02. The molecule has 2 saturated heterocycles. The Bertz CT molecular complexity index is 795. The van der Waals surface area contributed by atoms with Crippen molar-refractivity contribution in [3.05, 3.63) is 30.1 Å². The number of carbonyl (C=O) groups excluding carboxylic acids is 1. The van der Waals surface area contributed by atoms with E-state index in [9.17, 15) is 4.79 Å². The van der Waals surface area contributed by atoms with E-state index in [1.807, 2.05) is 18.2 Å². The van der Waals surface area contributed by atoms with Crippen LogP contribution in [0.25, 0.3) is 10.9 Å². The van der Waals surface area contributed by atoms with E-state index in [0.717, 1.165) is 49.4 Å². The van der Waals surface area contributed by atoms with Crippen LogP contribution in [0.1, 0.15) is 55.3 Å². The second-order valence-electron chi connectivity index (χ2n) is 7.99. The first-order valence-electron chi connectivity index (χ1n) is 10.8. The molecule has 6 nitrogen and oxygen atoms in total. The predicted molar refractivity (Wildman–Crippen MR) is 113 cm³/mol. The van der Waals surface area contributed by atoms with Gasteiger partial charge in [0, 0.05) is 37.1 Å². The molecule has 0 atom stereocenters. The fourth-order valence-electron chi connectivity index (χ4n) is 4.33. The summed E-state index contributed by atoms with van der Waals surface area (Å²) in [5, 5.41) is 4.07. The van der Waals surface area contributed by atoms with Gasteiger partial charge >= 0.3 is 0 Å². The molecule has 6 heteroatoms. The van der Waals surface area contributed by atoms with Gasteiger partial charge in [0.1, 0.15) is 12.1 Å². The molecule has 0 spiro atoms. The first-order valence-corrected chi connectivity index (χ1v) is 10.8. The van der Waals surface area contributed by atoms with Gasteiger partial charge in [0.25, 0.3) is 5.91 Å². The molecule has 2 aliphatic rings. The zero-order valence-corrected chi connectivity index (χ0v) is 16.7. The summed E-state index contributed by atoms with van der Waals surface area (Å²) in [4.78, 5) is 26.4. The Morgan fingerprint density at radius 2 is 1.64 bits per heavy atom. The van der Waals surface area contributed by atoms with Crippen LogP contribution in [0.2, 0.25) is 0 Å². The van der Waals surface area contributed by atoms with Crippen LogP contribution < -0.4 is 10.2 Å². The van der Waals surface area contributed by atoms with Gasteiger partial charge in [-0.05, 0) is 63.4 Å². The number of rotatable bonds is 5. The third-order valence-corrected chi connectivity index (χ3v) is 5.94. The third kappa shape index (κ3) is 4.61. The van der Waals surface area contributed by atoms with Crippen LogP contribution in [0.4, 0.5) is 5.82 Å². The van der Waals surface area contributed by atoms with Gasteiger partial charge in [0.2, 0.25) is 0 Å². The van der Waals surface area contributed by atoms with Crippen molar-refractivity contribution in [1.82, 2.24) is 20.2 Å². The average molecular weight is 382 g/mol. The maximum absolute atomic E-state index is 12.7. The first kappa shape index (κ1) is 19.1. The Labute approximate surface area is 167 Å². The van der Waals surface area contributed by atoms with Crippen LogP contribution in [-0.2, 0) is 0 Å². The lowest BCUT2D eigenvalue weighted by atomic mass is 10.1. The summed E-state index contributed by atoms with van der Waals surface area (Å²) >= 11 is 0. The van der Waals surface area contributed by atoms with Crippen LogP contribution in [0, 0.1) is 0 Å². The Balaban J connectivity index is 1.43. The molecule has 2 aliphatic heterocycles. The molecular formula is C22H31N5O. The predicted octanol–water partition coefficient (Wildman–Crippen LogP) is 3.23. The molecule has 0 aliphatic carbocycles. The molecule has 0 radical (unpaired) electrons. The number of nitrogens with zero attached hydrogens (tertiary/aromatic N) is 4. The molecule has 0 saturated carbocycles. The van der Waals surface area contributed by atoms with Crippen LogP contribution in [0.3, 0.4) is 0 Å². The van der Waals surface area contributed by atoms with Crippen molar-refractivity contribution in [3.63, 3.8) is 0 Å². The number of amides is 1. The lowest BCUT2D eigenvalue weighted by Crippen LogP contribution is -2.35. The zero-order chi connectivity index (χ0) is 19.2. The number of hydrogen-bond acceptors (Lipinski definition) is 5. The van der Waals surface area contributed by atoms with Gasteiger partial charge in [-0.1, -0.05) is 12.8 Å². The molecule has 0 bridgehead atoms. The number of likely N-dealkylation sites (tertiary alicyclic amines) is 1. The topological polar surface area (TPSA) is 61.4 Å². The Morgan fingerprint density at radius 3 is 2.43 bits per heavy atom. The van der Waals surface area contributed by atoms with Crippen LogP contribution in [0.5, 0.6) is 0 Å². The van der Waals surface area contributed by atoms with Crippen molar-refractivity contribution in [1.29, 1.82) is 0 Å². The van der Waals surface area contributed by atoms with Gasteiger partial charge in [0.05, 0.1) is 5.52 Å². The van der Waals surface area contributed by atoms with Crippen molar-refractivity contribution < 1.29 is 4.79 Å². The van der Waals surface area contributed by atoms with E-state index in [0.29, 0.717) is 12.1 Å². The van der Waals surface area contributed by atoms with Crippen molar-refractivity contribution in [3.8, 4) is 0 Å². The molecule has 3 heterocycles. The summed E-state index contributed by atoms with van der Waals surface area (Å²) in [7, 11) is 0. The van der Waals surface area contributed by atoms with Crippen LogP contribution >= 0.6 is 0 Å². The summed E-state index contributed by atoms with van der Waals surface area (Å²) in [6, 6.07) is 5.77. The Kier molecular flexibility index (Phi) is 6.37. The van der Waals surface area contributed by atoms with E-state index in [2.05, 4.69) is 25.1 Å². The first-order chi connectivity index (χ1) is 13.8. The summed E-state index contributed by atoms with van der Waals surface area (Å²) < 4.78 is 0. The van der Waals surface area contributed by atoms with Crippen molar-refractivity contribution in [2.45, 2.75) is 44.9 Å². The SMILES string of the molecule is O=C(NCCN1CCCCCC1)c1ccc2ncnc(N3CCCCC3)c2c1. The third-order valence-electron chi connectivity index (χ3n) is 5.94. The van der Waals surface area contributed by atoms with Gasteiger partial charge in [-0.25, -0.2) is 9.97 Å². The highest BCUT2D eigenvalue weighted by molar-refractivity contribution is 6.00. The van der Waals surface area contributed by atoms with Gasteiger partial charge in [0.15, 0.2) is 0 Å². The van der Waals surface area contributed by atoms with E-state index in [4.69, 9.17) is 0 Å². The molecule has 4 rings (SSSR count). The number of fused-ring (bicyclic) bond motifs is 1. The maximum Gasteiger partial charge on any atom is 0.251 e. The highest BCUT2D eigenvalue weighted by atomic mass is 16.1. The molecule has 2 fully saturated rings. The fourth-order valence-corrected chi connectivity index (χ4v) is 4.33. The fraction of sp³-hybridized carbons (Fsp3) is 0.591. The largest absolute Gasteiger partial charge is 0.356 e. The Hall–Kier alpha value is -2.21. The number of hydrogen-bond donors (Lipinski definition) is 1. The van der Waals surface area contributed by atoms with Crippen molar-refractivity contribution in [2.24, 2.45) is 0 Å². The number of nitrogens with one attached hydrogen (secondary N) is 1. The van der Waals surface area contributed by atoms with Gasteiger partial charge in [-0.3, -0.25) is 4.79 Å². The second kappa shape index (κ2) is 9.32. The van der Waals surface area contributed by atoms with E-state index >= 15 is 0 Å². The second-order valence-corrected chi connectivity index (χ2v) is 7.99. The number of carbonyl (C=O) groups is 1. The molecule has 1 aromatic heterocycles. The lowest BCUT2D eigenvalue weighted by molar-refractivity contribution is 0.0948. The summed E-state index contributed by atoms with van der Waals surface area (Å²) in [6.45, 7) is 5.99. The van der Waals surface area contributed by atoms with E-state index in [1.54, 1.807) is 6.33 Å². The minimum absolute atomic E-state index is 0.00910. The highest BCUT2D eigenvalue weighted by Gasteiger charge is 2.17. The van der Waals surface area contributed by atoms with Crippen molar-refractivity contribution >= 4 is 22.6 Å². The summed E-state index contributed by atoms with van der Waals surface area (Å²) in [5.74, 6) is 0.953. The smallest absolute Gasteiger partial charge is 0.251 e. The minimum atomic E-state index is -0.00910. The lowest BCUT2D eigenvalue weighted by Gasteiger charge is -2.28. The van der Waals surface area contributed by atoms with Crippen LogP contribution in [0.15, 0.2) is 24.5 Å². The maximum atomic E-state index is 12.7. The molecule has 1 amide bonds. The van der Waals surface area contributed by atoms with Gasteiger partial charge < -0.3 is 15.1 Å². The minimum Gasteiger partial charge on any atom is -0.356 e. The monoisotopic (exact) mass is 381 g/mol.